The summed E-state index contributed by atoms with van der Waals surface area (Å²) in [5, 5.41) is 6.15. The molecule has 1 unspecified atom stereocenters. The zero-order chi connectivity index (χ0) is 13.1. The Hall–Kier alpha value is -1.10. The highest BCUT2D eigenvalue weighted by molar-refractivity contribution is 5.89. The highest BCUT2D eigenvalue weighted by Gasteiger charge is 2.35. The van der Waals surface area contributed by atoms with Gasteiger partial charge in [0.2, 0.25) is 11.8 Å². The lowest BCUT2D eigenvalue weighted by Gasteiger charge is -2.32. The van der Waals surface area contributed by atoms with Crippen molar-refractivity contribution in [1.82, 2.24) is 15.5 Å². The van der Waals surface area contributed by atoms with Gasteiger partial charge in [0.15, 0.2) is 0 Å². The van der Waals surface area contributed by atoms with Crippen molar-refractivity contribution in [2.24, 2.45) is 11.8 Å². The van der Waals surface area contributed by atoms with E-state index in [0.29, 0.717) is 0 Å². The second-order valence-corrected chi connectivity index (χ2v) is 5.58. The van der Waals surface area contributed by atoms with Crippen LogP contribution in [0.25, 0.3) is 0 Å². The summed E-state index contributed by atoms with van der Waals surface area (Å²) in [6, 6.07) is -0.365. The molecule has 0 aromatic carbocycles. The summed E-state index contributed by atoms with van der Waals surface area (Å²) >= 11 is 0. The van der Waals surface area contributed by atoms with Crippen molar-refractivity contribution in [3.8, 4) is 0 Å². The Labute approximate surface area is 108 Å². The quantitative estimate of drug-likeness (QED) is 0.739. The van der Waals surface area contributed by atoms with Crippen LogP contribution in [0, 0.1) is 11.8 Å². The molecule has 0 spiro atoms. The molecule has 0 bridgehead atoms. The van der Waals surface area contributed by atoms with Gasteiger partial charge in [-0.1, -0.05) is 13.8 Å². The Morgan fingerprint density at radius 2 is 1.83 bits per heavy atom. The first-order chi connectivity index (χ1) is 8.59. The van der Waals surface area contributed by atoms with Gasteiger partial charge in [-0.05, 0) is 18.8 Å². The molecule has 2 fully saturated rings. The molecule has 102 valence electrons. The van der Waals surface area contributed by atoms with E-state index in [-0.39, 0.29) is 29.7 Å². The van der Waals surface area contributed by atoms with E-state index < -0.39 is 0 Å². The molecular formula is C13H23N3O2. The van der Waals surface area contributed by atoms with Gasteiger partial charge in [-0.25, -0.2) is 0 Å². The monoisotopic (exact) mass is 253 g/mol. The fourth-order valence-electron chi connectivity index (χ4n) is 2.21. The van der Waals surface area contributed by atoms with Crippen molar-refractivity contribution in [3.63, 3.8) is 0 Å². The number of nitrogens with one attached hydrogen (secondary N) is 2. The minimum Gasteiger partial charge on any atom is -0.344 e. The van der Waals surface area contributed by atoms with Crippen molar-refractivity contribution in [3.05, 3.63) is 0 Å². The summed E-state index contributed by atoms with van der Waals surface area (Å²) in [6.45, 7) is 7.12. The van der Waals surface area contributed by atoms with Crippen LogP contribution in [0.3, 0.4) is 0 Å². The number of rotatable bonds is 4. The standard InChI is InChI=1S/C13H23N3O2/c1-9(2)11(15-12(17)10-3-4-10)13(18)16-7-5-14-6-8-16/h9-11,14H,3-8H2,1-2H3,(H,15,17). The molecule has 0 radical (unpaired) electrons. The SMILES string of the molecule is CC(C)C(NC(=O)C1CC1)C(=O)N1CCNCC1. The largest absolute Gasteiger partial charge is 0.344 e. The topological polar surface area (TPSA) is 61.4 Å². The van der Waals surface area contributed by atoms with Crippen molar-refractivity contribution in [2.45, 2.75) is 32.7 Å². The number of carbonyl (C=O) groups excluding carboxylic acids is 2. The lowest BCUT2D eigenvalue weighted by Crippen LogP contribution is -2.55. The third-order valence-corrected chi connectivity index (χ3v) is 3.61. The average Bonchev–Trinajstić information content (AvgIpc) is 3.20. The molecule has 1 saturated carbocycles. The molecule has 2 N–H and O–H groups in total. The predicted octanol–water partition coefficient (Wildman–Crippen LogP) is -0.0310. The molecular weight excluding hydrogens is 230 g/mol. The van der Waals surface area contributed by atoms with Gasteiger partial charge in [0.05, 0.1) is 0 Å². The molecule has 2 rings (SSSR count). The van der Waals surface area contributed by atoms with Crippen LogP contribution in [0.4, 0.5) is 0 Å². The van der Waals surface area contributed by atoms with Crippen molar-refractivity contribution < 1.29 is 9.59 Å². The summed E-state index contributed by atoms with van der Waals surface area (Å²) in [4.78, 5) is 26.1. The Kier molecular flexibility index (Phi) is 4.22. The third kappa shape index (κ3) is 3.22. The Morgan fingerprint density at radius 1 is 1.22 bits per heavy atom. The van der Waals surface area contributed by atoms with E-state index in [9.17, 15) is 9.59 Å². The van der Waals surface area contributed by atoms with Gasteiger partial charge in [0.1, 0.15) is 6.04 Å². The number of nitrogens with zero attached hydrogens (tertiary/aromatic N) is 1. The van der Waals surface area contributed by atoms with Gasteiger partial charge in [-0.3, -0.25) is 9.59 Å². The molecule has 5 heteroatoms. The first kappa shape index (κ1) is 13.3. The van der Waals surface area contributed by atoms with Gasteiger partial charge in [-0.2, -0.15) is 0 Å². The maximum atomic E-state index is 12.4. The van der Waals surface area contributed by atoms with Crippen LogP contribution in [-0.4, -0.2) is 48.9 Å². The molecule has 2 amide bonds. The lowest BCUT2D eigenvalue weighted by atomic mass is 10.0. The lowest BCUT2D eigenvalue weighted by molar-refractivity contribution is -0.138. The second kappa shape index (κ2) is 5.69. The van der Waals surface area contributed by atoms with Gasteiger partial charge in [-0.15, -0.1) is 0 Å². The summed E-state index contributed by atoms with van der Waals surface area (Å²) in [7, 11) is 0. The molecule has 1 atom stereocenters. The molecule has 18 heavy (non-hydrogen) atoms. The summed E-state index contributed by atoms with van der Waals surface area (Å²) < 4.78 is 0. The van der Waals surface area contributed by atoms with Crippen molar-refractivity contribution >= 4 is 11.8 Å². The highest BCUT2D eigenvalue weighted by atomic mass is 16.2. The van der Waals surface area contributed by atoms with Crippen LogP contribution in [0.5, 0.6) is 0 Å². The van der Waals surface area contributed by atoms with Crippen LogP contribution in [-0.2, 0) is 9.59 Å². The van der Waals surface area contributed by atoms with E-state index in [1.54, 1.807) is 0 Å². The van der Waals surface area contributed by atoms with E-state index in [4.69, 9.17) is 0 Å². The zero-order valence-electron chi connectivity index (χ0n) is 11.2. The molecule has 1 heterocycles. The maximum Gasteiger partial charge on any atom is 0.245 e. The van der Waals surface area contributed by atoms with Crippen molar-refractivity contribution in [2.75, 3.05) is 26.2 Å². The average molecular weight is 253 g/mol. The summed E-state index contributed by atoms with van der Waals surface area (Å²) in [5.74, 6) is 0.412. The minimum atomic E-state index is -0.365. The number of carbonyl (C=O) groups is 2. The predicted molar refractivity (Wildman–Crippen MR) is 68.9 cm³/mol. The Bertz CT molecular complexity index is 320. The number of piperazine rings is 1. The molecule has 2 aliphatic rings. The minimum absolute atomic E-state index is 0.0529. The second-order valence-electron chi connectivity index (χ2n) is 5.58. The summed E-state index contributed by atoms with van der Waals surface area (Å²) in [5.41, 5.74) is 0. The van der Waals surface area contributed by atoms with Gasteiger partial charge >= 0.3 is 0 Å². The third-order valence-electron chi connectivity index (χ3n) is 3.61. The van der Waals surface area contributed by atoms with Crippen LogP contribution in [0.1, 0.15) is 26.7 Å². The van der Waals surface area contributed by atoms with Crippen molar-refractivity contribution in [1.29, 1.82) is 0 Å². The zero-order valence-corrected chi connectivity index (χ0v) is 11.2. The first-order valence-corrected chi connectivity index (χ1v) is 6.89. The number of hydrogen-bond acceptors (Lipinski definition) is 3. The summed E-state index contributed by atoms with van der Waals surface area (Å²) in [6.07, 6.45) is 1.94. The highest BCUT2D eigenvalue weighted by Crippen LogP contribution is 2.29. The molecule has 0 aromatic heterocycles. The Morgan fingerprint density at radius 3 is 2.33 bits per heavy atom. The van der Waals surface area contributed by atoms with Crippen LogP contribution >= 0.6 is 0 Å². The Balaban J connectivity index is 1.94. The van der Waals surface area contributed by atoms with E-state index in [1.807, 2.05) is 18.7 Å². The molecule has 0 aromatic rings. The van der Waals surface area contributed by atoms with Crippen LogP contribution in [0.2, 0.25) is 0 Å². The normalized spacial score (nSPS) is 21.8. The molecule has 1 aliphatic heterocycles. The van der Waals surface area contributed by atoms with Gasteiger partial charge in [0.25, 0.3) is 0 Å². The smallest absolute Gasteiger partial charge is 0.245 e. The number of amides is 2. The first-order valence-electron chi connectivity index (χ1n) is 6.89. The maximum absolute atomic E-state index is 12.4. The van der Waals surface area contributed by atoms with Crippen LogP contribution < -0.4 is 10.6 Å². The van der Waals surface area contributed by atoms with E-state index in [2.05, 4.69) is 10.6 Å². The van der Waals surface area contributed by atoms with Crippen LogP contribution in [0.15, 0.2) is 0 Å². The fourth-order valence-corrected chi connectivity index (χ4v) is 2.21. The molecule has 5 nitrogen and oxygen atoms in total. The van der Waals surface area contributed by atoms with Gasteiger partial charge in [0, 0.05) is 32.1 Å². The van der Waals surface area contributed by atoms with E-state index >= 15 is 0 Å². The molecule has 1 saturated heterocycles. The van der Waals surface area contributed by atoms with E-state index in [1.165, 1.54) is 0 Å². The fraction of sp³-hybridized carbons (Fsp3) is 0.846. The molecule has 1 aliphatic carbocycles. The van der Waals surface area contributed by atoms with Gasteiger partial charge < -0.3 is 15.5 Å². The van der Waals surface area contributed by atoms with E-state index in [0.717, 1.165) is 39.0 Å². The number of hydrogen-bond donors (Lipinski definition) is 2.